The van der Waals surface area contributed by atoms with Crippen molar-refractivity contribution in [2.45, 2.75) is 25.7 Å². The Balaban J connectivity index is 2.62. The summed E-state index contributed by atoms with van der Waals surface area (Å²) in [5.41, 5.74) is 1.42. The van der Waals surface area contributed by atoms with Crippen molar-refractivity contribution >= 4 is 5.87 Å². The van der Waals surface area contributed by atoms with Crippen LogP contribution in [0.25, 0.3) is 5.41 Å². The molecule has 66 valence electrons. The van der Waals surface area contributed by atoms with E-state index in [1.165, 1.54) is 18.4 Å². The first-order valence-corrected chi connectivity index (χ1v) is 4.41. The van der Waals surface area contributed by atoms with Gasteiger partial charge >= 0.3 is 0 Å². The standard InChI is InChI=1S/C11H11N2/c12-8-11(9-13)7-6-10-4-2-1-3-5-10/h4,6-7H,1-3,5H2/q-1/b7-6+. The lowest BCUT2D eigenvalue weighted by Crippen LogP contribution is -1.88. The maximum Gasteiger partial charge on any atom is 0.106 e. The van der Waals surface area contributed by atoms with Gasteiger partial charge in [0.15, 0.2) is 0 Å². The average Bonchev–Trinajstić information content (AvgIpc) is 2.21. The van der Waals surface area contributed by atoms with Crippen LogP contribution in [-0.2, 0) is 0 Å². The maximum atomic E-state index is 8.48. The Labute approximate surface area is 78.4 Å². The highest BCUT2D eigenvalue weighted by molar-refractivity contribution is 5.70. The van der Waals surface area contributed by atoms with Crippen LogP contribution < -0.4 is 0 Å². The number of nitriles is 1. The molecule has 0 aromatic rings. The molecule has 0 atom stereocenters. The summed E-state index contributed by atoms with van der Waals surface area (Å²) in [6.07, 6.45) is 10.3. The van der Waals surface area contributed by atoms with E-state index in [4.69, 9.17) is 10.7 Å². The van der Waals surface area contributed by atoms with E-state index in [9.17, 15) is 0 Å². The van der Waals surface area contributed by atoms with Crippen LogP contribution in [0.15, 0.2) is 29.4 Å². The number of hydrogen-bond donors (Lipinski definition) is 0. The van der Waals surface area contributed by atoms with Crippen LogP contribution in [0, 0.1) is 11.3 Å². The van der Waals surface area contributed by atoms with Crippen LogP contribution in [0.5, 0.6) is 0 Å². The van der Waals surface area contributed by atoms with Gasteiger partial charge in [-0.25, -0.2) is 0 Å². The normalized spacial score (nSPS) is 16.1. The zero-order chi connectivity index (χ0) is 9.52. The molecule has 0 radical (unpaired) electrons. The van der Waals surface area contributed by atoms with Gasteiger partial charge in [-0.05, 0) is 31.8 Å². The highest BCUT2D eigenvalue weighted by atomic mass is 14.3. The Morgan fingerprint density at radius 1 is 1.54 bits per heavy atom. The smallest absolute Gasteiger partial charge is 0.106 e. The second kappa shape index (κ2) is 5.13. The van der Waals surface area contributed by atoms with E-state index in [0.717, 1.165) is 12.8 Å². The molecule has 2 heteroatoms. The third kappa shape index (κ3) is 3.11. The third-order valence-electron chi connectivity index (χ3n) is 2.03. The van der Waals surface area contributed by atoms with Crippen LogP contribution in [0.4, 0.5) is 0 Å². The van der Waals surface area contributed by atoms with Crippen molar-refractivity contribution in [3.63, 3.8) is 0 Å². The molecule has 0 aromatic heterocycles. The molecule has 0 bridgehead atoms. The van der Waals surface area contributed by atoms with Gasteiger partial charge < -0.3 is 5.41 Å². The van der Waals surface area contributed by atoms with Crippen LogP contribution in [0.2, 0.25) is 0 Å². The third-order valence-corrected chi connectivity index (χ3v) is 2.03. The molecule has 0 N–H and O–H groups in total. The molecule has 2 nitrogen and oxygen atoms in total. The molecule has 0 unspecified atom stereocenters. The molecular formula is C11H11N2-. The van der Waals surface area contributed by atoms with Gasteiger partial charge in [-0.2, -0.15) is 5.26 Å². The monoisotopic (exact) mass is 171 g/mol. The van der Waals surface area contributed by atoms with Crippen molar-refractivity contribution in [2.24, 2.45) is 0 Å². The molecule has 0 saturated heterocycles. The molecule has 0 aliphatic heterocycles. The lowest BCUT2D eigenvalue weighted by Gasteiger charge is -2.07. The van der Waals surface area contributed by atoms with Crippen molar-refractivity contribution in [3.05, 3.63) is 34.8 Å². The largest absolute Gasteiger partial charge is 0.762 e. The predicted octanol–water partition coefficient (Wildman–Crippen LogP) is 2.73. The van der Waals surface area contributed by atoms with Gasteiger partial charge in [0.25, 0.3) is 0 Å². The molecule has 1 rings (SSSR count). The van der Waals surface area contributed by atoms with Crippen molar-refractivity contribution < 1.29 is 0 Å². The topological polar surface area (TPSA) is 46.1 Å². The average molecular weight is 171 g/mol. The summed E-state index contributed by atoms with van der Waals surface area (Å²) in [5, 5.41) is 17.0. The van der Waals surface area contributed by atoms with Gasteiger partial charge in [0.1, 0.15) is 6.07 Å². The molecule has 0 amide bonds. The van der Waals surface area contributed by atoms with Crippen molar-refractivity contribution in [1.82, 2.24) is 0 Å². The molecule has 1 aliphatic carbocycles. The Kier molecular flexibility index (Phi) is 3.75. The first-order chi connectivity index (χ1) is 6.36. The van der Waals surface area contributed by atoms with E-state index in [2.05, 4.69) is 6.08 Å². The maximum absolute atomic E-state index is 8.48. The second-order valence-electron chi connectivity index (χ2n) is 3.00. The van der Waals surface area contributed by atoms with Crippen LogP contribution in [0.1, 0.15) is 25.7 Å². The Morgan fingerprint density at radius 2 is 2.38 bits per heavy atom. The quantitative estimate of drug-likeness (QED) is 0.358. The highest BCUT2D eigenvalue weighted by Gasteiger charge is 1.99. The SMILES string of the molecule is N#CC(=C=[N-])/C=C/C1=CCCCC1. The molecular weight excluding hydrogens is 160 g/mol. The summed E-state index contributed by atoms with van der Waals surface area (Å²) < 4.78 is 0. The summed E-state index contributed by atoms with van der Waals surface area (Å²) in [4.78, 5) is 0. The van der Waals surface area contributed by atoms with Crippen LogP contribution in [-0.4, -0.2) is 5.87 Å². The van der Waals surface area contributed by atoms with Crippen LogP contribution >= 0.6 is 0 Å². The molecule has 0 heterocycles. The van der Waals surface area contributed by atoms with E-state index >= 15 is 0 Å². The summed E-state index contributed by atoms with van der Waals surface area (Å²) in [6, 6.07) is 1.83. The minimum Gasteiger partial charge on any atom is -0.762 e. The lowest BCUT2D eigenvalue weighted by molar-refractivity contribution is 0.712. The summed E-state index contributed by atoms with van der Waals surface area (Å²) in [7, 11) is 0. The number of nitrogens with zero attached hydrogens (tertiary/aromatic N) is 2. The Bertz CT molecular complexity index is 322. The van der Waals surface area contributed by atoms with E-state index in [1.54, 1.807) is 6.08 Å². The Hall–Kier alpha value is -1.58. The lowest BCUT2D eigenvalue weighted by atomic mass is 9.99. The van der Waals surface area contributed by atoms with Gasteiger partial charge in [-0.3, -0.25) is 5.87 Å². The number of hydrogen-bond acceptors (Lipinski definition) is 1. The van der Waals surface area contributed by atoms with Gasteiger partial charge in [0, 0.05) is 0 Å². The van der Waals surface area contributed by atoms with Crippen molar-refractivity contribution in [1.29, 1.82) is 5.26 Å². The summed E-state index contributed by atoms with van der Waals surface area (Å²) >= 11 is 0. The molecule has 0 spiro atoms. The summed E-state index contributed by atoms with van der Waals surface area (Å²) in [5.74, 6) is 1.83. The highest BCUT2D eigenvalue weighted by Crippen LogP contribution is 2.18. The summed E-state index contributed by atoms with van der Waals surface area (Å²) in [6.45, 7) is 0. The first-order valence-electron chi connectivity index (χ1n) is 4.41. The van der Waals surface area contributed by atoms with Gasteiger partial charge in [-0.15, -0.1) is 0 Å². The van der Waals surface area contributed by atoms with Gasteiger partial charge in [0.2, 0.25) is 0 Å². The number of allylic oxidation sites excluding steroid dienone is 5. The molecule has 0 saturated carbocycles. The molecule has 0 aromatic carbocycles. The fraction of sp³-hybridized carbons (Fsp3) is 0.364. The van der Waals surface area contributed by atoms with Gasteiger partial charge in [0.05, 0.1) is 5.57 Å². The number of rotatable bonds is 2. The zero-order valence-corrected chi connectivity index (χ0v) is 7.45. The molecule has 13 heavy (non-hydrogen) atoms. The Morgan fingerprint density at radius 3 is 2.92 bits per heavy atom. The van der Waals surface area contributed by atoms with Crippen LogP contribution in [0.3, 0.4) is 0 Å². The fourth-order valence-electron chi connectivity index (χ4n) is 1.30. The fourth-order valence-corrected chi connectivity index (χ4v) is 1.30. The first kappa shape index (κ1) is 9.51. The zero-order valence-electron chi connectivity index (χ0n) is 7.45. The van der Waals surface area contributed by atoms with E-state index in [-0.39, 0.29) is 5.57 Å². The van der Waals surface area contributed by atoms with E-state index in [1.807, 2.05) is 18.0 Å². The minimum absolute atomic E-state index is 0.173. The van der Waals surface area contributed by atoms with E-state index in [0.29, 0.717) is 0 Å². The van der Waals surface area contributed by atoms with Crippen molar-refractivity contribution in [2.75, 3.05) is 0 Å². The second-order valence-corrected chi connectivity index (χ2v) is 3.00. The molecule has 0 fully saturated rings. The molecule has 1 aliphatic rings. The van der Waals surface area contributed by atoms with Crippen molar-refractivity contribution in [3.8, 4) is 6.07 Å². The van der Waals surface area contributed by atoms with Gasteiger partial charge in [-0.1, -0.05) is 17.7 Å². The predicted molar refractivity (Wildman–Crippen MR) is 53.2 cm³/mol. The minimum atomic E-state index is 0.173. The van der Waals surface area contributed by atoms with E-state index < -0.39 is 0 Å².